The quantitative estimate of drug-likeness (QED) is 0.747. The number of anilines is 2. The standard InChI is InChI=1S/C13H12FN3O5S/c1-22-12-10(5-8(15)6-16-12)17-23(20,21)11-4-7(13(18)19)2-3-9(11)14/h2-6,17H,15H2,1H3,(H,18,19). The Hall–Kier alpha value is -2.88. The van der Waals surface area contributed by atoms with Crippen LogP contribution in [0.2, 0.25) is 0 Å². The molecule has 10 heteroatoms. The summed E-state index contributed by atoms with van der Waals surface area (Å²) in [6.45, 7) is 0. The van der Waals surface area contributed by atoms with Gasteiger partial charge in [-0.15, -0.1) is 0 Å². The number of nitrogens with one attached hydrogen (secondary N) is 1. The predicted octanol–water partition coefficient (Wildman–Crippen LogP) is 1.31. The summed E-state index contributed by atoms with van der Waals surface area (Å²) < 4.78 is 45.4. The van der Waals surface area contributed by atoms with Crippen molar-refractivity contribution < 1.29 is 27.4 Å². The number of benzene rings is 1. The minimum Gasteiger partial charge on any atom is -0.479 e. The molecule has 0 amide bonds. The van der Waals surface area contributed by atoms with E-state index in [1.165, 1.54) is 19.4 Å². The van der Waals surface area contributed by atoms with Crippen molar-refractivity contribution in [3.8, 4) is 5.88 Å². The molecule has 0 aliphatic heterocycles. The van der Waals surface area contributed by atoms with E-state index in [0.29, 0.717) is 6.07 Å². The first-order valence-electron chi connectivity index (χ1n) is 6.10. The molecular formula is C13H12FN3O5S. The van der Waals surface area contributed by atoms with Gasteiger partial charge in [-0.05, 0) is 24.3 Å². The van der Waals surface area contributed by atoms with E-state index >= 15 is 0 Å². The summed E-state index contributed by atoms with van der Waals surface area (Å²) in [6, 6.07) is 3.67. The Morgan fingerprint density at radius 3 is 2.70 bits per heavy atom. The zero-order valence-corrected chi connectivity index (χ0v) is 12.6. The number of rotatable bonds is 5. The lowest BCUT2D eigenvalue weighted by molar-refractivity contribution is 0.0696. The summed E-state index contributed by atoms with van der Waals surface area (Å²) in [7, 11) is -3.15. The molecule has 2 aromatic rings. The number of sulfonamides is 1. The van der Waals surface area contributed by atoms with Crippen LogP contribution in [0.1, 0.15) is 10.4 Å². The highest BCUT2D eigenvalue weighted by molar-refractivity contribution is 7.92. The van der Waals surface area contributed by atoms with E-state index in [1.807, 2.05) is 0 Å². The predicted molar refractivity (Wildman–Crippen MR) is 79.4 cm³/mol. The lowest BCUT2D eigenvalue weighted by Crippen LogP contribution is -2.16. The number of methoxy groups -OCH3 is 1. The largest absolute Gasteiger partial charge is 0.479 e. The van der Waals surface area contributed by atoms with Gasteiger partial charge < -0.3 is 15.6 Å². The van der Waals surface area contributed by atoms with Crippen molar-refractivity contribution in [3.05, 3.63) is 41.8 Å². The van der Waals surface area contributed by atoms with Crippen LogP contribution in [0, 0.1) is 5.82 Å². The molecule has 1 aromatic carbocycles. The van der Waals surface area contributed by atoms with E-state index in [-0.39, 0.29) is 22.8 Å². The number of carboxylic acid groups (broad SMARTS) is 1. The van der Waals surface area contributed by atoms with Gasteiger partial charge in [0.2, 0.25) is 5.88 Å². The first-order valence-corrected chi connectivity index (χ1v) is 7.58. The van der Waals surface area contributed by atoms with E-state index in [9.17, 15) is 17.6 Å². The van der Waals surface area contributed by atoms with Crippen LogP contribution < -0.4 is 15.2 Å². The minimum absolute atomic E-state index is 0.0717. The maximum atomic E-state index is 13.8. The summed E-state index contributed by atoms with van der Waals surface area (Å²) in [4.78, 5) is 13.9. The highest BCUT2D eigenvalue weighted by Crippen LogP contribution is 2.27. The van der Waals surface area contributed by atoms with Gasteiger partial charge >= 0.3 is 5.97 Å². The van der Waals surface area contributed by atoms with E-state index in [1.54, 1.807) is 0 Å². The third-order valence-electron chi connectivity index (χ3n) is 2.78. The van der Waals surface area contributed by atoms with Gasteiger partial charge in [0.1, 0.15) is 16.4 Å². The molecule has 2 rings (SSSR count). The Balaban J connectivity index is 2.50. The molecule has 0 saturated heterocycles. The second-order valence-corrected chi connectivity index (χ2v) is 6.03. The van der Waals surface area contributed by atoms with Gasteiger partial charge in [-0.25, -0.2) is 22.6 Å². The smallest absolute Gasteiger partial charge is 0.335 e. The van der Waals surface area contributed by atoms with Gasteiger partial charge in [0.15, 0.2) is 0 Å². The zero-order chi connectivity index (χ0) is 17.2. The van der Waals surface area contributed by atoms with E-state index < -0.39 is 26.7 Å². The van der Waals surface area contributed by atoms with Crippen LogP contribution in [0.5, 0.6) is 5.88 Å². The monoisotopic (exact) mass is 341 g/mol. The second kappa shape index (κ2) is 6.08. The van der Waals surface area contributed by atoms with Crippen molar-refractivity contribution in [2.75, 3.05) is 17.6 Å². The summed E-state index contributed by atoms with van der Waals surface area (Å²) in [5.74, 6) is -2.56. The lowest BCUT2D eigenvalue weighted by Gasteiger charge is -2.12. The van der Waals surface area contributed by atoms with E-state index in [4.69, 9.17) is 15.6 Å². The van der Waals surface area contributed by atoms with Crippen molar-refractivity contribution in [3.63, 3.8) is 0 Å². The van der Waals surface area contributed by atoms with Gasteiger partial charge in [-0.1, -0.05) is 0 Å². The van der Waals surface area contributed by atoms with Crippen LogP contribution >= 0.6 is 0 Å². The Kier molecular flexibility index (Phi) is 4.36. The van der Waals surface area contributed by atoms with E-state index in [2.05, 4.69) is 9.71 Å². The maximum Gasteiger partial charge on any atom is 0.335 e. The molecule has 0 aliphatic rings. The first-order chi connectivity index (χ1) is 10.7. The zero-order valence-electron chi connectivity index (χ0n) is 11.8. The third kappa shape index (κ3) is 3.48. The first kappa shape index (κ1) is 16.5. The number of aromatic nitrogens is 1. The van der Waals surface area contributed by atoms with Crippen molar-refractivity contribution in [2.24, 2.45) is 0 Å². The number of hydrogen-bond acceptors (Lipinski definition) is 6. The molecule has 0 saturated carbocycles. The number of carbonyl (C=O) groups is 1. The maximum absolute atomic E-state index is 13.8. The number of nitrogens with zero attached hydrogens (tertiary/aromatic N) is 1. The fourth-order valence-electron chi connectivity index (χ4n) is 1.75. The third-order valence-corrected chi connectivity index (χ3v) is 4.16. The summed E-state index contributed by atoms with van der Waals surface area (Å²) in [5.41, 5.74) is 5.21. The molecule has 0 bridgehead atoms. The number of pyridine rings is 1. The van der Waals surface area contributed by atoms with Crippen LogP contribution in [-0.2, 0) is 10.0 Å². The number of aromatic carboxylic acids is 1. The number of nitrogen functional groups attached to an aromatic ring is 1. The van der Waals surface area contributed by atoms with Crippen LogP contribution in [-0.4, -0.2) is 31.6 Å². The number of ether oxygens (including phenoxy) is 1. The fraction of sp³-hybridized carbons (Fsp3) is 0.0769. The molecule has 1 aromatic heterocycles. The molecular weight excluding hydrogens is 329 g/mol. The number of hydrogen-bond donors (Lipinski definition) is 3. The van der Waals surface area contributed by atoms with Gasteiger partial charge in [-0.3, -0.25) is 4.72 Å². The van der Waals surface area contributed by atoms with Crippen molar-refractivity contribution in [1.82, 2.24) is 4.98 Å². The number of nitrogens with two attached hydrogens (primary N) is 1. The van der Waals surface area contributed by atoms with Crippen LogP contribution in [0.4, 0.5) is 15.8 Å². The fourth-order valence-corrected chi connectivity index (χ4v) is 2.90. The van der Waals surface area contributed by atoms with Gasteiger partial charge in [0.05, 0.1) is 24.6 Å². The van der Waals surface area contributed by atoms with Gasteiger partial charge in [-0.2, -0.15) is 0 Å². The van der Waals surface area contributed by atoms with E-state index in [0.717, 1.165) is 12.1 Å². The number of carboxylic acids is 1. The summed E-state index contributed by atoms with van der Waals surface area (Å²) >= 11 is 0. The summed E-state index contributed by atoms with van der Waals surface area (Å²) in [6.07, 6.45) is 1.25. The molecule has 122 valence electrons. The van der Waals surface area contributed by atoms with Crippen LogP contribution in [0.3, 0.4) is 0 Å². The molecule has 4 N–H and O–H groups in total. The topological polar surface area (TPSA) is 132 Å². The van der Waals surface area contributed by atoms with Crippen LogP contribution in [0.25, 0.3) is 0 Å². The molecule has 0 atom stereocenters. The Bertz CT molecular complexity index is 870. The SMILES string of the molecule is COc1ncc(N)cc1NS(=O)(=O)c1cc(C(=O)O)ccc1F. The Labute approximate surface area is 130 Å². The molecule has 23 heavy (non-hydrogen) atoms. The molecule has 0 unspecified atom stereocenters. The van der Waals surface area contributed by atoms with Crippen molar-refractivity contribution >= 4 is 27.4 Å². The molecule has 8 nitrogen and oxygen atoms in total. The minimum atomic E-state index is -4.41. The number of halogens is 1. The summed E-state index contributed by atoms with van der Waals surface area (Å²) in [5, 5.41) is 8.89. The normalized spacial score (nSPS) is 11.0. The Morgan fingerprint density at radius 2 is 2.09 bits per heavy atom. The molecule has 0 aliphatic carbocycles. The highest BCUT2D eigenvalue weighted by Gasteiger charge is 2.23. The second-order valence-electron chi connectivity index (χ2n) is 4.38. The lowest BCUT2D eigenvalue weighted by atomic mass is 10.2. The molecule has 0 spiro atoms. The highest BCUT2D eigenvalue weighted by atomic mass is 32.2. The van der Waals surface area contributed by atoms with Gasteiger partial charge in [0, 0.05) is 0 Å². The van der Waals surface area contributed by atoms with Gasteiger partial charge in [0.25, 0.3) is 10.0 Å². The average molecular weight is 341 g/mol. The van der Waals surface area contributed by atoms with Crippen molar-refractivity contribution in [1.29, 1.82) is 0 Å². The Morgan fingerprint density at radius 1 is 1.39 bits per heavy atom. The average Bonchev–Trinajstić information content (AvgIpc) is 2.47. The molecule has 0 radical (unpaired) electrons. The van der Waals surface area contributed by atoms with Crippen LogP contribution in [0.15, 0.2) is 35.4 Å². The molecule has 0 fully saturated rings. The molecule has 1 heterocycles. The van der Waals surface area contributed by atoms with Crippen molar-refractivity contribution in [2.45, 2.75) is 4.90 Å².